The van der Waals surface area contributed by atoms with Crippen LogP contribution >= 0.6 is 0 Å². The molecule has 21 heavy (non-hydrogen) atoms. The Bertz CT molecular complexity index is 478. The fourth-order valence-corrected chi connectivity index (χ4v) is 2.40. The Morgan fingerprint density at radius 2 is 2.24 bits per heavy atom. The van der Waals surface area contributed by atoms with Crippen LogP contribution in [0, 0.1) is 5.41 Å². The van der Waals surface area contributed by atoms with Gasteiger partial charge in [0.15, 0.2) is 5.82 Å². The number of carbonyl (C=O) groups excluding carboxylic acids is 1. The summed E-state index contributed by atoms with van der Waals surface area (Å²) in [5.74, 6) is 1.76. The van der Waals surface area contributed by atoms with Crippen molar-refractivity contribution in [2.24, 2.45) is 5.41 Å². The third-order valence-corrected chi connectivity index (χ3v) is 3.60. The van der Waals surface area contributed by atoms with E-state index in [1.54, 1.807) is 6.92 Å². The van der Waals surface area contributed by atoms with E-state index >= 15 is 0 Å². The molecule has 1 aromatic rings. The number of aliphatic hydroxyl groups excluding tert-OH is 1. The topological polar surface area (TPSA) is 88.2 Å². The summed E-state index contributed by atoms with van der Waals surface area (Å²) in [6.07, 6.45) is 3.38. The number of hydrogen-bond donors (Lipinski definition) is 2. The summed E-state index contributed by atoms with van der Waals surface area (Å²) in [6.45, 7) is 6.37. The van der Waals surface area contributed by atoms with Crippen molar-refractivity contribution in [2.45, 2.75) is 64.9 Å². The molecule has 2 N–H and O–H groups in total. The molecule has 1 aliphatic rings. The monoisotopic (exact) mass is 295 g/mol. The molecule has 1 aliphatic carbocycles. The maximum absolute atomic E-state index is 11.8. The first-order chi connectivity index (χ1) is 9.85. The Balaban J connectivity index is 1.69. The Labute approximate surface area is 125 Å². The molecule has 1 aromatic heterocycles. The minimum atomic E-state index is -0.365. The highest BCUT2D eigenvalue weighted by atomic mass is 16.5. The summed E-state index contributed by atoms with van der Waals surface area (Å²) >= 11 is 0. The van der Waals surface area contributed by atoms with Gasteiger partial charge in [-0.15, -0.1) is 0 Å². The standard InChI is InChI=1S/C15H25N3O3/c1-10(19)8-15(2,3)9-16-12(20)6-7-13-17-14(18-21-13)11-4-5-11/h10-11,19H,4-9H2,1-3H3,(H,16,20). The highest BCUT2D eigenvalue weighted by molar-refractivity contribution is 5.76. The lowest BCUT2D eigenvalue weighted by molar-refractivity contribution is -0.121. The molecule has 1 saturated carbocycles. The molecule has 0 aromatic carbocycles. The predicted molar refractivity (Wildman–Crippen MR) is 77.7 cm³/mol. The lowest BCUT2D eigenvalue weighted by atomic mass is 9.87. The van der Waals surface area contributed by atoms with Crippen molar-refractivity contribution in [3.63, 3.8) is 0 Å². The lowest BCUT2D eigenvalue weighted by Gasteiger charge is -2.26. The fourth-order valence-electron chi connectivity index (χ4n) is 2.40. The number of aryl methyl sites for hydroxylation is 1. The average molecular weight is 295 g/mol. The second-order valence-electron chi connectivity index (χ2n) is 6.81. The van der Waals surface area contributed by atoms with Gasteiger partial charge in [-0.1, -0.05) is 19.0 Å². The van der Waals surface area contributed by atoms with Crippen molar-refractivity contribution < 1.29 is 14.4 Å². The normalized spacial score (nSPS) is 16.8. The molecule has 1 atom stereocenters. The van der Waals surface area contributed by atoms with Crippen molar-refractivity contribution in [1.82, 2.24) is 15.5 Å². The van der Waals surface area contributed by atoms with E-state index in [1.807, 2.05) is 13.8 Å². The van der Waals surface area contributed by atoms with Crippen LogP contribution in [0.25, 0.3) is 0 Å². The molecule has 0 aliphatic heterocycles. The van der Waals surface area contributed by atoms with Gasteiger partial charge in [0.1, 0.15) is 0 Å². The summed E-state index contributed by atoms with van der Waals surface area (Å²) in [5, 5.41) is 16.2. The molecule has 118 valence electrons. The summed E-state index contributed by atoms with van der Waals surface area (Å²) in [6, 6.07) is 0. The maximum atomic E-state index is 11.8. The molecule has 1 amide bonds. The van der Waals surface area contributed by atoms with E-state index in [2.05, 4.69) is 15.5 Å². The van der Waals surface area contributed by atoms with Crippen molar-refractivity contribution >= 4 is 5.91 Å². The van der Waals surface area contributed by atoms with Crippen molar-refractivity contribution in [1.29, 1.82) is 0 Å². The Hall–Kier alpha value is -1.43. The van der Waals surface area contributed by atoms with Gasteiger partial charge >= 0.3 is 0 Å². The zero-order valence-corrected chi connectivity index (χ0v) is 13.1. The van der Waals surface area contributed by atoms with E-state index in [0.717, 1.165) is 18.7 Å². The van der Waals surface area contributed by atoms with Crippen LogP contribution in [-0.4, -0.2) is 33.8 Å². The van der Waals surface area contributed by atoms with E-state index in [9.17, 15) is 9.90 Å². The number of hydrogen-bond acceptors (Lipinski definition) is 5. The first-order valence-electron chi connectivity index (χ1n) is 7.63. The van der Waals surface area contributed by atoms with Crippen molar-refractivity contribution in [2.75, 3.05) is 6.54 Å². The maximum Gasteiger partial charge on any atom is 0.227 e. The zero-order chi connectivity index (χ0) is 15.5. The minimum absolute atomic E-state index is 0.0279. The van der Waals surface area contributed by atoms with Gasteiger partial charge in [-0.25, -0.2) is 0 Å². The predicted octanol–water partition coefficient (Wildman–Crippen LogP) is 1.79. The third kappa shape index (κ3) is 5.46. The summed E-state index contributed by atoms with van der Waals surface area (Å²) in [5.41, 5.74) is -0.118. The van der Waals surface area contributed by atoms with Gasteiger partial charge in [-0.05, 0) is 31.6 Å². The first-order valence-corrected chi connectivity index (χ1v) is 7.63. The summed E-state index contributed by atoms with van der Waals surface area (Å²) in [4.78, 5) is 16.1. The van der Waals surface area contributed by atoms with Gasteiger partial charge in [0.25, 0.3) is 0 Å². The molecule has 6 nitrogen and oxygen atoms in total. The van der Waals surface area contributed by atoms with Crippen LogP contribution in [-0.2, 0) is 11.2 Å². The quantitative estimate of drug-likeness (QED) is 0.763. The average Bonchev–Trinajstić information content (AvgIpc) is 3.12. The Morgan fingerprint density at radius 3 is 2.86 bits per heavy atom. The first kappa shape index (κ1) is 15.9. The number of nitrogens with one attached hydrogen (secondary N) is 1. The van der Waals surface area contributed by atoms with E-state index < -0.39 is 0 Å². The summed E-state index contributed by atoms with van der Waals surface area (Å²) < 4.78 is 5.14. The van der Waals surface area contributed by atoms with Crippen LogP contribution in [0.5, 0.6) is 0 Å². The largest absolute Gasteiger partial charge is 0.393 e. The van der Waals surface area contributed by atoms with Crippen LogP contribution in [0.15, 0.2) is 4.52 Å². The highest BCUT2D eigenvalue weighted by Gasteiger charge is 2.28. The number of nitrogens with zero attached hydrogens (tertiary/aromatic N) is 2. The zero-order valence-electron chi connectivity index (χ0n) is 13.1. The molecule has 0 saturated heterocycles. The fraction of sp³-hybridized carbons (Fsp3) is 0.800. The third-order valence-electron chi connectivity index (χ3n) is 3.60. The number of rotatable bonds is 8. The van der Waals surface area contributed by atoms with Gasteiger partial charge in [0, 0.05) is 25.3 Å². The van der Waals surface area contributed by atoms with Crippen molar-refractivity contribution in [3.8, 4) is 0 Å². The minimum Gasteiger partial charge on any atom is -0.393 e. The van der Waals surface area contributed by atoms with E-state index in [-0.39, 0.29) is 17.4 Å². The van der Waals surface area contributed by atoms with Gasteiger partial charge in [0.05, 0.1) is 6.10 Å². The van der Waals surface area contributed by atoms with Gasteiger partial charge in [-0.2, -0.15) is 4.98 Å². The second-order valence-corrected chi connectivity index (χ2v) is 6.81. The van der Waals surface area contributed by atoms with Gasteiger partial charge in [-0.3, -0.25) is 4.79 Å². The second kappa shape index (κ2) is 6.56. The van der Waals surface area contributed by atoms with E-state index in [0.29, 0.717) is 37.6 Å². The Morgan fingerprint density at radius 1 is 1.52 bits per heavy atom. The molecule has 2 rings (SSSR count). The van der Waals surface area contributed by atoms with Crippen molar-refractivity contribution in [3.05, 3.63) is 11.7 Å². The summed E-state index contributed by atoms with van der Waals surface area (Å²) in [7, 11) is 0. The van der Waals surface area contributed by atoms with Gasteiger partial charge in [0.2, 0.25) is 11.8 Å². The van der Waals surface area contributed by atoms with Crippen LogP contribution in [0.1, 0.15) is 64.1 Å². The molecule has 0 radical (unpaired) electrons. The van der Waals surface area contributed by atoms with Crippen LogP contribution in [0.2, 0.25) is 0 Å². The highest BCUT2D eigenvalue weighted by Crippen LogP contribution is 2.38. The molecule has 1 fully saturated rings. The molecule has 1 heterocycles. The molecular weight excluding hydrogens is 270 g/mol. The Kier molecular flexibility index (Phi) is 4.98. The SMILES string of the molecule is CC(O)CC(C)(C)CNC(=O)CCc1nc(C2CC2)no1. The van der Waals surface area contributed by atoms with E-state index in [1.165, 1.54) is 0 Å². The number of carbonyl (C=O) groups is 1. The number of amides is 1. The molecule has 6 heteroatoms. The van der Waals surface area contributed by atoms with Gasteiger partial charge < -0.3 is 14.9 Å². The van der Waals surface area contributed by atoms with Crippen LogP contribution in [0.4, 0.5) is 0 Å². The number of aromatic nitrogens is 2. The number of aliphatic hydroxyl groups is 1. The van der Waals surface area contributed by atoms with E-state index in [4.69, 9.17) is 4.52 Å². The van der Waals surface area contributed by atoms with Crippen LogP contribution in [0.3, 0.4) is 0 Å². The smallest absolute Gasteiger partial charge is 0.227 e. The van der Waals surface area contributed by atoms with Crippen LogP contribution < -0.4 is 5.32 Å². The molecular formula is C15H25N3O3. The molecule has 1 unspecified atom stereocenters. The lowest BCUT2D eigenvalue weighted by Crippen LogP contribution is -2.35. The molecule has 0 spiro atoms. The molecule has 0 bridgehead atoms.